The van der Waals surface area contributed by atoms with E-state index in [0.717, 1.165) is 49.7 Å². The fourth-order valence-corrected chi connectivity index (χ4v) is 5.42. The summed E-state index contributed by atoms with van der Waals surface area (Å²) < 4.78 is 1.68. The molecule has 180 valence electrons. The first-order valence-corrected chi connectivity index (χ1v) is 12.4. The van der Waals surface area contributed by atoms with E-state index in [1.807, 2.05) is 38.1 Å². The van der Waals surface area contributed by atoms with Crippen LogP contribution >= 0.6 is 0 Å². The molecule has 8 nitrogen and oxygen atoms in total. The van der Waals surface area contributed by atoms with Gasteiger partial charge in [-0.05, 0) is 45.1 Å². The third-order valence-electron chi connectivity index (χ3n) is 7.36. The minimum Gasteiger partial charge on any atom is -0.350 e. The summed E-state index contributed by atoms with van der Waals surface area (Å²) in [6.45, 7) is 4.51. The highest BCUT2D eigenvalue weighted by Gasteiger charge is 2.53. The van der Waals surface area contributed by atoms with Gasteiger partial charge < -0.3 is 20.1 Å². The van der Waals surface area contributed by atoms with Crippen molar-refractivity contribution in [2.24, 2.45) is 0 Å². The Kier molecular flexibility index (Phi) is 5.91. The molecule has 3 amide bonds. The third kappa shape index (κ3) is 4.21. The Morgan fingerprint density at radius 3 is 2.62 bits per heavy atom. The molecule has 5 rings (SSSR count). The molecule has 2 heterocycles. The molecule has 2 saturated carbocycles. The molecule has 2 N–H and O–H groups in total. The van der Waals surface area contributed by atoms with E-state index in [1.165, 1.54) is 12.7 Å². The molecule has 0 unspecified atom stereocenters. The van der Waals surface area contributed by atoms with E-state index in [2.05, 4.69) is 15.6 Å². The summed E-state index contributed by atoms with van der Waals surface area (Å²) in [6.07, 6.45) is 8.60. The maximum atomic E-state index is 13.7. The van der Waals surface area contributed by atoms with Crippen LogP contribution in [0.5, 0.6) is 0 Å². The van der Waals surface area contributed by atoms with Gasteiger partial charge in [0.05, 0.1) is 12.9 Å². The lowest BCUT2D eigenvalue weighted by Crippen LogP contribution is -2.64. The monoisotopic (exact) mass is 463 g/mol. The van der Waals surface area contributed by atoms with Crippen LogP contribution in [-0.4, -0.2) is 49.8 Å². The zero-order valence-electron chi connectivity index (χ0n) is 20.0. The largest absolute Gasteiger partial charge is 0.350 e. The number of nitrogens with one attached hydrogen (secondary N) is 2. The minimum atomic E-state index is -1.05. The molecule has 1 atom stereocenters. The number of imidazole rings is 1. The number of aromatic nitrogens is 2. The molecule has 0 bridgehead atoms. The predicted molar refractivity (Wildman–Crippen MR) is 127 cm³/mol. The van der Waals surface area contributed by atoms with Gasteiger partial charge in [0.25, 0.3) is 11.8 Å². The molecule has 34 heavy (non-hydrogen) atoms. The van der Waals surface area contributed by atoms with E-state index < -0.39 is 5.54 Å². The number of nitrogens with zero attached hydrogens (tertiary/aromatic N) is 3. The Morgan fingerprint density at radius 2 is 1.91 bits per heavy atom. The molecule has 1 aliphatic heterocycles. The Bertz CT molecular complexity index is 1120. The third-order valence-corrected chi connectivity index (χ3v) is 7.36. The number of amides is 3. The summed E-state index contributed by atoms with van der Waals surface area (Å²) in [5.41, 5.74) is 1.56. The van der Waals surface area contributed by atoms with E-state index in [0.29, 0.717) is 12.2 Å². The van der Waals surface area contributed by atoms with E-state index in [9.17, 15) is 14.4 Å². The van der Waals surface area contributed by atoms with Crippen LogP contribution in [0.15, 0.2) is 30.6 Å². The molecule has 0 spiro atoms. The van der Waals surface area contributed by atoms with Crippen molar-refractivity contribution in [3.63, 3.8) is 0 Å². The molecule has 1 aromatic carbocycles. The summed E-state index contributed by atoms with van der Waals surface area (Å²) in [4.78, 5) is 46.2. The first-order chi connectivity index (χ1) is 16.4. The van der Waals surface area contributed by atoms with Crippen molar-refractivity contribution in [3.05, 3.63) is 53.1 Å². The number of hydrogen-bond donors (Lipinski definition) is 2. The van der Waals surface area contributed by atoms with Crippen LogP contribution in [0.25, 0.3) is 0 Å². The number of benzene rings is 1. The van der Waals surface area contributed by atoms with E-state index in [4.69, 9.17) is 0 Å². The lowest BCUT2D eigenvalue weighted by atomic mass is 9.93. The number of fused-ring (bicyclic) bond motifs is 1. The fourth-order valence-electron chi connectivity index (χ4n) is 5.42. The van der Waals surface area contributed by atoms with Crippen LogP contribution in [0.1, 0.15) is 84.0 Å². The summed E-state index contributed by atoms with van der Waals surface area (Å²) >= 11 is 0. The van der Waals surface area contributed by atoms with Gasteiger partial charge in [-0.25, -0.2) is 4.98 Å². The van der Waals surface area contributed by atoms with Gasteiger partial charge >= 0.3 is 0 Å². The van der Waals surface area contributed by atoms with Crippen LogP contribution in [0.3, 0.4) is 0 Å². The summed E-state index contributed by atoms with van der Waals surface area (Å²) in [5.74, 6) is -0.771. The van der Waals surface area contributed by atoms with Crippen LogP contribution < -0.4 is 10.6 Å². The summed E-state index contributed by atoms with van der Waals surface area (Å²) in [5, 5.41) is 6.11. The number of aryl methyl sites for hydroxylation is 1. The van der Waals surface area contributed by atoms with Gasteiger partial charge in [-0.3, -0.25) is 14.4 Å². The van der Waals surface area contributed by atoms with Gasteiger partial charge in [0.2, 0.25) is 5.91 Å². The Labute approximate surface area is 200 Å². The van der Waals surface area contributed by atoms with Crippen LogP contribution in [0.4, 0.5) is 0 Å². The molecule has 3 aliphatic rings. The first-order valence-electron chi connectivity index (χ1n) is 12.4. The second kappa shape index (κ2) is 8.89. The maximum Gasteiger partial charge on any atom is 0.274 e. The highest BCUT2D eigenvalue weighted by Crippen LogP contribution is 2.39. The van der Waals surface area contributed by atoms with Crippen molar-refractivity contribution in [1.82, 2.24) is 25.1 Å². The molecule has 0 saturated heterocycles. The molecule has 2 aromatic rings. The van der Waals surface area contributed by atoms with Gasteiger partial charge in [-0.2, -0.15) is 0 Å². The molecular formula is C26H33N5O3. The van der Waals surface area contributed by atoms with Crippen molar-refractivity contribution in [1.29, 1.82) is 0 Å². The molecule has 2 aliphatic carbocycles. The smallest absolute Gasteiger partial charge is 0.274 e. The number of hydrogen-bond acceptors (Lipinski definition) is 4. The van der Waals surface area contributed by atoms with Crippen molar-refractivity contribution >= 4 is 17.7 Å². The van der Waals surface area contributed by atoms with Gasteiger partial charge in [-0.15, -0.1) is 0 Å². The van der Waals surface area contributed by atoms with Crippen molar-refractivity contribution in [2.75, 3.05) is 0 Å². The van der Waals surface area contributed by atoms with E-state index in [-0.39, 0.29) is 42.0 Å². The predicted octanol–water partition coefficient (Wildman–Crippen LogP) is 2.95. The lowest BCUT2D eigenvalue weighted by Gasteiger charge is -2.44. The maximum absolute atomic E-state index is 13.7. The molecule has 1 aromatic heterocycles. The molecular weight excluding hydrogens is 430 g/mol. The first kappa shape index (κ1) is 22.6. The Morgan fingerprint density at radius 1 is 1.15 bits per heavy atom. The van der Waals surface area contributed by atoms with Gasteiger partial charge in [-0.1, -0.05) is 49.1 Å². The lowest BCUT2D eigenvalue weighted by molar-refractivity contribution is -0.133. The van der Waals surface area contributed by atoms with Gasteiger partial charge in [0, 0.05) is 18.6 Å². The average Bonchev–Trinajstić information content (AvgIpc) is 3.55. The zero-order valence-corrected chi connectivity index (χ0v) is 20.0. The summed E-state index contributed by atoms with van der Waals surface area (Å²) in [6, 6.07) is 8.15. The minimum absolute atomic E-state index is 0.0140. The second-order valence-corrected chi connectivity index (χ2v) is 10.2. The molecule has 0 radical (unpaired) electrons. The highest BCUT2D eigenvalue weighted by molar-refractivity contribution is 6.07. The standard InChI is InChI=1S/C26H33N5O3/c1-17-7-6-8-18(13-17)14-27-25(34)26(2)15-30-16-28-21(22(30)24(33)31(26)20-11-12-20)23(32)29-19-9-4-3-5-10-19/h6-8,13,16,19-20H,3-5,9-12,14-15H2,1-2H3,(H,27,34)(H,29,32)/t26-/m1/s1. The van der Waals surface area contributed by atoms with Gasteiger partial charge in [0.1, 0.15) is 11.2 Å². The highest BCUT2D eigenvalue weighted by atomic mass is 16.2. The van der Waals surface area contributed by atoms with Crippen LogP contribution in [0.2, 0.25) is 0 Å². The van der Waals surface area contributed by atoms with Crippen molar-refractivity contribution in [3.8, 4) is 0 Å². The van der Waals surface area contributed by atoms with Crippen molar-refractivity contribution in [2.45, 2.75) is 89.5 Å². The second-order valence-electron chi connectivity index (χ2n) is 10.2. The Balaban J connectivity index is 1.37. The topological polar surface area (TPSA) is 96.3 Å². The number of carbonyl (C=O) groups is 3. The Hall–Kier alpha value is -3.16. The fraction of sp³-hybridized carbons (Fsp3) is 0.538. The van der Waals surface area contributed by atoms with E-state index in [1.54, 1.807) is 9.47 Å². The van der Waals surface area contributed by atoms with Crippen LogP contribution in [0, 0.1) is 6.92 Å². The van der Waals surface area contributed by atoms with Crippen LogP contribution in [-0.2, 0) is 17.9 Å². The van der Waals surface area contributed by atoms with Crippen molar-refractivity contribution < 1.29 is 14.4 Å². The SMILES string of the molecule is Cc1cccc(CNC(=O)[C@@]2(C)Cn3cnc(C(=O)NC4CCCCC4)c3C(=O)N2C2CC2)c1. The number of rotatable bonds is 6. The normalized spacial score (nSPS) is 22.9. The molecule has 8 heteroatoms. The average molecular weight is 464 g/mol. The molecule has 2 fully saturated rings. The number of carbonyl (C=O) groups excluding carboxylic acids is 3. The van der Waals surface area contributed by atoms with E-state index >= 15 is 0 Å². The quantitative estimate of drug-likeness (QED) is 0.688. The summed E-state index contributed by atoms with van der Waals surface area (Å²) in [7, 11) is 0. The van der Waals surface area contributed by atoms with Gasteiger partial charge in [0.15, 0.2) is 5.69 Å². The zero-order chi connectivity index (χ0) is 23.9.